The van der Waals surface area contributed by atoms with Gasteiger partial charge in [-0.1, -0.05) is 0 Å². The van der Waals surface area contributed by atoms with E-state index in [-0.39, 0.29) is 5.91 Å². The van der Waals surface area contributed by atoms with Gasteiger partial charge >= 0.3 is 0 Å². The van der Waals surface area contributed by atoms with Gasteiger partial charge < -0.3 is 9.73 Å². The van der Waals surface area contributed by atoms with E-state index in [9.17, 15) is 4.79 Å². The Kier molecular flexibility index (Phi) is 4.02. The highest BCUT2D eigenvalue weighted by molar-refractivity contribution is 8.06. The highest BCUT2D eigenvalue weighted by Crippen LogP contribution is 2.23. The molecule has 5 heteroatoms. The molecule has 82 valence electrons. The van der Waals surface area contributed by atoms with Crippen molar-refractivity contribution < 1.29 is 9.21 Å². The van der Waals surface area contributed by atoms with Gasteiger partial charge in [0.25, 0.3) is 5.91 Å². The van der Waals surface area contributed by atoms with Crippen LogP contribution >= 0.6 is 23.5 Å². The van der Waals surface area contributed by atoms with Crippen molar-refractivity contribution in [3.05, 3.63) is 24.2 Å². The molecule has 0 saturated carbocycles. The minimum absolute atomic E-state index is 0.115. The van der Waals surface area contributed by atoms with Crippen LogP contribution in [0.15, 0.2) is 22.8 Å². The van der Waals surface area contributed by atoms with E-state index in [2.05, 4.69) is 5.32 Å². The second-order valence-corrected chi connectivity index (χ2v) is 5.81. The van der Waals surface area contributed by atoms with Crippen molar-refractivity contribution >= 4 is 29.4 Å². The number of hydrogen-bond acceptors (Lipinski definition) is 4. The first kappa shape index (κ1) is 11.0. The van der Waals surface area contributed by atoms with Gasteiger partial charge in [0, 0.05) is 29.1 Å². The summed E-state index contributed by atoms with van der Waals surface area (Å²) in [6, 6.07) is 3.40. The Labute approximate surface area is 97.4 Å². The van der Waals surface area contributed by atoms with Crippen molar-refractivity contribution in [1.29, 1.82) is 0 Å². The first-order valence-electron chi connectivity index (χ1n) is 4.87. The molecule has 1 aliphatic rings. The van der Waals surface area contributed by atoms with E-state index in [1.54, 1.807) is 12.1 Å². The van der Waals surface area contributed by atoms with Crippen LogP contribution in [0.1, 0.15) is 10.6 Å². The molecule has 1 aliphatic heterocycles. The van der Waals surface area contributed by atoms with Crippen molar-refractivity contribution in [3.8, 4) is 0 Å². The number of rotatable bonds is 3. The third kappa shape index (κ3) is 3.21. The van der Waals surface area contributed by atoms with Crippen LogP contribution in [-0.2, 0) is 0 Å². The zero-order chi connectivity index (χ0) is 10.5. The number of thioether (sulfide) groups is 2. The summed E-state index contributed by atoms with van der Waals surface area (Å²) in [6.07, 6.45) is 1.51. The summed E-state index contributed by atoms with van der Waals surface area (Å²) in [6.45, 7) is 0.733. The normalized spacial score (nSPS) is 21.2. The molecule has 1 unspecified atom stereocenters. The Bertz CT molecular complexity index is 307. The van der Waals surface area contributed by atoms with Crippen LogP contribution in [0.25, 0.3) is 0 Å². The van der Waals surface area contributed by atoms with Crippen molar-refractivity contribution in [1.82, 2.24) is 5.32 Å². The monoisotopic (exact) mass is 243 g/mol. The van der Waals surface area contributed by atoms with Gasteiger partial charge in [-0.2, -0.15) is 23.5 Å². The van der Waals surface area contributed by atoms with Crippen molar-refractivity contribution in [2.24, 2.45) is 0 Å². The molecule has 0 aromatic carbocycles. The largest absolute Gasteiger partial charge is 0.459 e. The fourth-order valence-corrected chi connectivity index (χ4v) is 3.97. The Morgan fingerprint density at radius 3 is 3.20 bits per heavy atom. The van der Waals surface area contributed by atoms with Gasteiger partial charge in [-0.25, -0.2) is 0 Å². The number of carbonyl (C=O) groups excluding carboxylic acids is 1. The summed E-state index contributed by atoms with van der Waals surface area (Å²) in [5.74, 6) is 3.82. The molecule has 0 aliphatic carbocycles. The highest BCUT2D eigenvalue weighted by Gasteiger charge is 2.16. The third-order valence-corrected chi connectivity index (χ3v) is 4.97. The maximum absolute atomic E-state index is 11.5. The molecule has 0 bridgehead atoms. The molecule has 1 aromatic heterocycles. The molecule has 2 rings (SSSR count). The molecule has 1 amide bonds. The van der Waals surface area contributed by atoms with Crippen LogP contribution < -0.4 is 5.32 Å². The first-order valence-corrected chi connectivity index (χ1v) is 7.07. The number of amides is 1. The molecule has 1 atom stereocenters. The molecule has 1 N–H and O–H groups in total. The Balaban J connectivity index is 1.75. The topological polar surface area (TPSA) is 42.2 Å². The van der Waals surface area contributed by atoms with Crippen LogP contribution in [0.4, 0.5) is 0 Å². The second-order valence-electron chi connectivity index (χ2n) is 3.26. The van der Waals surface area contributed by atoms with Crippen molar-refractivity contribution in [3.63, 3.8) is 0 Å². The van der Waals surface area contributed by atoms with Crippen molar-refractivity contribution in [2.75, 3.05) is 23.8 Å². The SMILES string of the molecule is O=C(NCC1CSCCS1)c1ccco1. The maximum Gasteiger partial charge on any atom is 0.287 e. The summed E-state index contributed by atoms with van der Waals surface area (Å²) in [5.41, 5.74) is 0. The van der Waals surface area contributed by atoms with E-state index in [1.165, 1.54) is 17.8 Å². The van der Waals surface area contributed by atoms with Crippen LogP contribution in [-0.4, -0.2) is 35.0 Å². The highest BCUT2D eigenvalue weighted by atomic mass is 32.2. The average Bonchev–Trinajstić information content (AvgIpc) is 2.81. The van der Waals surface area contributed by atoms with E-state index in [0.29, 0.717) is 11.0 Å². The van der Waals surface area contributed by atoms with Gasteiger partial charge in [-0.05, 0) is 12.1 Å². The summed E-state index contributed by atoms with van der Waals surface area (Å²) >= 11 is 3.89. The van der Waals surface area contributed by atoms with E-state index in [1.807, 2.05) is 23.5 Å². The Morgan fingerprint density at radius 2 is 2.53 bits per heavy atom. The molecule has 0 spiro atoms. The summed E-state index contributed by atoms with van der Waals surface area (Å²) < 4.78 is 5.01. The zero-order valence-electron chi connectivity index (χ0n) is 8.27. The molecule has 1 saturated heterocycles. The van der Waals surface area contributed by atoms with Gasteiger partial charge in [0.15, 0.2) is 5.76 Å². The Hall–Kier alpha value is -0.550. The lowest BCUT2D eigenvalue weighted by Crippen LogP contribution is -2.33. The minimum atomic E-state index is -0.115. The average molecular weight is 243 g/mol. The van der Waals surface area contributed by atoms with Gasteiger partial charge in [0.05, 0.1) is 6.26 Å². The lowest BCUT2D eigenvalue weighted by atomic mass is 10.4. The quantitative estimate of drug-likeness (QED) is 0.880. The van der Waals surface area contributed by atoms with Gasteiger partial charge in [-0.15, -0.1) is 0 Å². The van der Waals surface area contributed by atoms with E-state index < -0.39 is 0 Å². The molecule has 15 heavy (non-hydrogen) atoms. The van der Waals surface area contributed by atoms with Crippen LogP contribution in [0.2, 0.25) is 0 Å². The zero-order valence-corrected chi connectivity index (χ0v) is 9.90. The van der Waals surface area contributed by atoms with Crippen LogP contribution in [0.3, 0.4) is 0 Å². The van der Waals surface area contributed by atoms with Gasteiger partial charge in [-0.3, -0.25) is 4.79 Å². The lowest BCUT2D eigenvalue weighted by Gasteiger charge is -2.20. The smallest absolute Gasteiger partial charge is 0.287 e. The fraction of sp³-hybridized carbons (Fsp3) is 0.500. The molecular formula is C10H13NO2S2. The number of nitrogens with one attached hydrogen (secondary N) is 1. The number of furan rings is 1. The number of carbonyl (C=O) groups is 1. The first-order chi connectivity index (χ1) is 7.36. The molecule has 0 radical (unpaired) electrons. The molecule has 1 fully saturated rings. The predicted octanol–water partition coefficient (Wildman–Crippen LogP) is 1.86. The maximum atomic E-state index is 11.5. The minimum Gasteiger partial charge on any atom is -0.459 e. The molecule has 2 heterocycles. The molecule has 1 aromatic rings. The number of hydrogen-bond donors (Lipinski definition) is 1. The Morgan fingerprint density at radius 1 is 1.60 bits per heavy atom. The lowest BCUT2D eigenvalue weighted by molar-refractivity contribution is 0.0926. The summed E-state index contributed by atoms with van der Waals surface area (Å²) in [7, 11) is 0. The van der Waals surface area contributed by atoms with Gasteiger partial charge in [0.1, 0.15) is 0 Å². The predicted molar refractivity (Wildman–Crippen MR) is 64.6 cm³/mol. The van der Waals surface area contributed by atoms with Crippen LogP contribution in [0.5, 0.6) is 0 Å². The molecular weight excluding hydrogens is 230 g/mol. The van der Waals surface area contributed by atoms with E-state index >= 15 is 0 Å². The van der Waals surface area contributed by atoms with Gasteiger partial charge in [0.2, 0.25) is 0 Å². The summed E-state index contributed by atoms with van der Waals surface area (Å²) in [4.78, 5) is 11.5. The van der Waals surface area contributed by atoms with Crippen molar-refractivity contribution in [2.45, 2.75) is 5.25 Å². The summed E-state index contributed by atoms with van der Waals surface area (Å²) in [5, 5.41) is 3.43. The van der Waals surface area contributed by atoms with Crippen LogP contribution in [0, 0.1) is 0 Å². The fourth-order valence-electron chi connectivity index (χ4n) is 1.36. The second kappa shape index (κ2) is 5.51. The third-order valence-electron chi connectivity index (χ3n) is 2.12. The standard InChI is InChI=1S/C10H13NO2S2/c12-10(9-2-1-3-13-9)11-6-8-7-14-4-5-15-8/h1-3,8H,4-7H2,(H,11,12). The molecule has 3 nitrogen and oxygen atoms in total. The van der Waals surface area contributed by atoms with E-state index in [0.717, 1.165) is 12.3 Å². The van der Waals surface area contributed by atoms with E-state index in [4.69, 9.17) is 4.42 Å².